The van der Waals surface area contributed by atoms with Crippen molar-refractivity contribution in [3.05, 3.63) is 83.4 Å². The highest BCUT2D eigenvalue weighted by atomic mass is 16.2. The average Bonchev–Trinajstić information content (AvgIpc) is 2.93. The van der Waals surface area contributed by atoms with Crippen molar-refractivity contribution in [2.75, 3.05) is 7.05 Å². The number of hydrogen-bond donors (Lipinski definition) is 1. The van der Waals surface area contributed by atoms with Crippen molar-refractivity contribution >= 4 is 11.9 Å². The van der Waals surface area contributed by atoms with Gasteiger partial charge in [-0.1, -0.05) is 24.3 Å². The normalized spacial score (nSPS) is 19.0. The Bertz CT molecular complexity index is 1070. The monoisotopic (exact) mass is 371 g/mol. The summed E-state index contributed by atoms with van der Waals surface area (Å²) in [6.07, 6.45) is 3.53. The molecule has 4 rings (SSSR count). The molecule has 2 aromatic heterocycles. The van der Waals surface area contributed by atoms with Crippen LogP contribution in [0.25, 0.3) is 11.1 Å². The molecule has 1 unspecified atom stereocenters. The minimum absolute atomic E-state index is 0.182. The molecule has 2 N–H and O–H groups in total. The van der Waals surface area contributed by atoms with Gasteiger partial charge < -0.3 is 5.73 Å². The Morgan fingerprint density at radius 1 is 0.964 bits per heavy atom. The highest BCUT2D eigenvalue weighted by molar-refractivity contribution is 6.09. The van der Waals surface area contributed by atoms with Gasteiger partial charge in [0.05, 0.1) is 0 Å². The van der Waals surface area contributed by atoms with Crippen LogP contribution in [0.5, 0.6) is 0 Å². The van der Waals surface area contributed by atoms with Crippen LogP contribution < -0.4 is 5.73 Å². The number of amides is 1. The van der Waals surface area contributed by atoms with Gasteiger partial charge in [0, 0.05) is 30.8 Å². The first kappa shape index (κ1) is 17.9. The predicted molar refractivity (Wildman–Crippen MR) is 109 cm³/mol. The number of pyridine rings is 2. The van der Waals surface area contributed by atoms with Gasteiger partial charge in [-0.15, -0.1) is 0 Å². The van der Waals surface area contributed by atoms with Gasteiger partial charge in [0.15, 0.2) is 11.5 Å². The maximum Gasteiger partial charge on any atom is 0.266 e. The van der Waals surface area contributed by atoms with Gasteiger partial charge in [0.1, 0.15) is 0 Å². The number of nitrogens with two attached hydrogens (primary N) is 1. The second-order valence-electron chi connectivity index (χ2n) is 7.01. The maximum absolute atomic E-state index is 13.4. The lowest BCUT2D eigenvalue weighted by molar-refractivity contribution is -0.129. The molecule has 1 atom stereocenters. The van der Waals surface area contributed by atoms with E-state index in [2.05, 4.69) is 15.0 Å². The summed E-state index contributed by atoms with van der Waals surface area (Å²) >= 11 is 0. The summed E-state index contributed by atoms with van der Waals surface area (Å²) in [7, 11) is 1.65. The molecule has 1 aliphatic heterocycles. The van der Waals surface area contributed by atoms with E-state index in [9.17, 15) is 4.79 Å². The van der Waals surface area contributed by atoms with Gasteiger partial charge >= 0.3 is 0 Å². The van der Waals surface area contributed by atoms with E-state index in [1.54, 1.807) is 19.4 Å². The van der Waals surface area contributed by atoms with Crippen LogP contribution in [0, 0.1) is 13.8 Å². The third-order valence-electron chi connectivity index (χ3n) is 5.01. The summed E-state index contributed by atoms with van der Waals surface area (Å²) in [5.74, 6) is 0.0160. The molecule has 0 radical (unpaired) electrons. The summed E-state index contributed by atoms with van der Waals surface area (Å²) in [5.41, 5.74) is 9.96. The number of hydrogen-bond acceptors (Lipinski definition) is 5. The Morgan fingerprint density at radius 2 is 1.68 bits per heavy atom. The van der Waals surface area contributed by atoms with Crippen LogP contribution in [-0.2, 0) is 10.3 Å². The van der Waals surface area contributed by atoms with Crippen LogP contribution in [0.1, 0.15) is 22.5 Å². The smallest absolute Gasteiger partial charge is 0.266 e. The molecule has 3 aromatic rings. The number of likely N-dealkylation sites (N-methyl/N-ethyl adjacent to an activating group) is 1. The van der Waals surface area contributed by atoms with E-state index >= 15 is 0 Å². The largest absolute Gasteiger partial charge is 0.369 e. The number of nitrogens with zero attached hydrogens (tertiary/aromatic N) is 4. The van der Waals surface area contributed by atoms with Gasteiger partial charge in [-0.05, 0) is 60.4 Å². The zero-order valence-electron chi connectivity index (χ0n) is 16.0. The fraction of sp³-hybridized carbons (Fsp3) is 0.182. The van der Waals surface area contributed by atoms with Crippen molar-refractivity contribution in [3.8, 4) is 11.1 Å². The second kappa shape index (κ2) is 6.56. The molecule has 140 valence electrons. The number of aromatic nitrogens is 2. The fourth-order valence-corrected chi connectivity index (χ4v) is 3.68. The zero-order valence-corrected chi connectivity index (χ0v) is 16.0. The van der Waals surface area contributed by atoms with Crippen LogP contribution in [-0.4, -0.2) is 33.8 Å². The lowest BCUT2D eigenvalue weighted by atomic mass is 9.81. The Hall–Kier alpha value is -3.54. The molecule has 3 heterocycles. The van der Waals surface area contributed by atoms with Gasteiger partial charge in [0.2, 0.25) is 0 Å². The summed E-state index contributed by atoms with van der Waals surface area (Å²) in [5, 5.41) is 0. The molecule has 0 spiro atoms. The zero-order chi connectivity index (χ0) is 19.9. The molecule has 28 heavy (non-hydrogen) atoms. The Kier molecular flexibility index (Phi) is 4.19. The summed E-state index contributed by atoms with van der Waals surface area (Å²) in [6, 6.07) is 15.5. The molecular weight excluding hydrogens is 350 g/mol. The topological polar surface area (TPSA) is 84.5 Å². The Labute approximate surface area is 163 Å². The Balaban J connectivity index is 1.97. The van der Waals surface area contributed by atoms with E-state index in [0.29, 0.717) is 0 Å². The first-order valence-electron chi connectivity index (χ1n) is 9.02. The van der Waals surface area contributed by atoms with E-state index in [0.717, 1.165) is 33.6 Å². The van der Waals surface area contributed by atoms with Gasteiger partial charge in [0.25, 0.3) is 5.91 Å². The number of carbonyl (C=O) groups is 1. The third kappa shape index (κ3) is 2.74. The van der Waals surface area contributed by atoms with Gasteiger partial charge in [-0.3, -0.25) is 19.7 Å². The molecular formula is C22H21N5O. The molecule has 1 aromatic carbocycles. The fourth-order valence-electron chi connectivity index (χ4n) is 3.68. The van der Waals surface area contributed by atoms with Crippen molar-refractivity contribution in [2.24, 2.45) is 10.7 Å². The molecule has 0 saturated carbocycles. The molecule has 0 bridgehead atoms. The molecule has 1 amide bonds. The first-order chi connectivity index (χ1) is 13.4. The van der Waals surface area contributed by atoms with E-state index < -0.39 is 5.54 Å². The van der Waals surface area contributed by atoms with Crippen molar-refractivity contribution < 1.29 is 4.79 Å². The quantitative estimate of drug-likeness (QED) is 0.767. The number of carbonyl (C=O) groups excluding carboxylic acids is 1. The van der Waals surface area contributed by atoms with Crippen LogP contribution in [0.15, 0.2) is 65.9 Å². The highest BCUT2D eigenvalue weighted by Gasteiger charge is 2.49. The lowest BCUT2D eigenvalue weighted by Gasteiger charge is -2.27. The number of aliphatic imine (C=N–C) groups is 1. The lowest BCUT2D eigenvalue weighted by Crippen LogP contribution is -2.41. The second-order valence-corrected chi connectivity index (χ2v) is 7.01. The van der Waals surface area contributed by atoms with Crippen molar-refractivity contribution in [2.45, 2.75) is 19.4 Å². The molecule has 6 nitrogen and oxygen atoms in total. The van der Waals surface area contributed by atoms with E-state index in [1.165, 1.54) is 4.90 Å². The van der Waals surface area contributed by atoms with Crippen molar-refractivity contribution in [1.29, 1.82) is 0 Å². The molecule has 0 saturated heterocycles. The number of rotatable bonds is 3. The summed E-state index contributed by atoms with van der Waals surface area (Å²) in [4.78, 5) is 28.1. The minimum atomic E-state index is -1.23. The summed E-state index contributed by atoms with van der Waals surface area (Å²) < 4.78 is 0. The van der Waals surface area contributed by atoms with Crippen molar-refractivity contribution in [1.82, 2.24) is 14.9 Å². The first-order valence-corrected chi connectivity index (χ1v) is 9.02. The maximum atomic E-state index is 13.4. The summed E-state index contributed by atoms with van der Waals surface area (Å²) in [6.45, 7) is 3.82. The molecule has 6 heteroatoms. The SMILES string of the molecule is Cc1cc(C2(c3cccc(-c4cccnc4)c3)N=C(N)N(C)C2=O)cc(C)n1. The van der Waals surface area contributed by atoms with Crippen LogP contribution in [0.2, 0.25) is 0 Å². The van der Waals surface area contributed by atoms with E-state index in [4.69, 9.17) is 5.73 Å². The average molecular weight is 371 g/mol. The number of benzene rings is 1. The molecule has 0 fully saturated rings. The number of guanidine groups is 1. The number of aryl methyl sites for hydroxylation is 2. The van der Waals surface area contributed by atoms with Crippen molar-refractivity contribution in [3.63, 3.8) is 0 Å². The molecule has 1 aliphatic rings. The van der Waals surface area contributed by atoms with E-state index in [-0.39, 0.29) is 11.9 Å². The van der Waals surface area contributed by atoms with Crippen LogP contribution >= 0.6 is 0 Å². The standard InChI is InChI=1S/C22H21N5O/c1-14-10-19(11-15(2)25-14)22(20(28)27(3)21(23)26-22)18-8-4-6-16(12-18)17-7-5-9-24-13-17/h4-13H,1-3H3,(H2,23,26). The van der Waals surface area contributed by atoms with Crippen LogP contribution in [0.4, 0.5) is 0 Å². The molecule has 0 aliphatic carbocycles. The van der Waals surface area contributed by atoms with Gasteiger partial charge in [-0.25, -0.2) is 4.99 Å². The predicted octanol–water partition coefficient (Wildman–Crippen LogP) is 2.79. The van der Waals surface area contributed by atoms with Crippen LogP contribution in [0.3, 0.4) is 0 Å². The van der Waals surface area contributed by atoms with Gasteiger partial charge in [-0.2, -0.15) is 0 Å². The van der Waals surface area contributed by atoms with E-state index in [1.807, 2.05) is 62.4 Å². The minimum Gasteiger partial charge on any atom is -0.369 e. The third-order valence-corrected chi connectivity index (χ3v) is 5.01. The highest BCUT2D eigenvalue weighted by Crippen LogP contribution is 2.40. The Morgan fingerprint density at radius 3 is 2.29 bits per heavy atom.